The first-order valence-corrected chi connectivity index (χ1v) is 6.27. The molecular formula is C13H15BrO3. The van der Waals surface area contributed by atoms with Crippen LogP contribution in [0.4, 0.5) is 0 Å². The number of esters is 1. The van der Waals surface area contributed by atoms with Crippen LogP contribution in [0.15, 0.2) is 22.7 Å². The third kappa shape index (κ3) is 4.69. The first-order valence-electron chi connectivity index (χ1n) is 5.48. The summed E-state index contributed by atoms with van der Waals surface area (Å²) in [5, 5.41) is 0. The molecule has 0 heterocycles. The number of aldehydes is 1. The second kappa shape index (κ2) is 7.22. The van der Waals surface area contributed by atoms with Crippen LogP contribution in [0.3, 0.4) is 0 Å². The standard InChI is InChI=1S/C13H15BrO3/c1-10(16)17-9-12-7-4-6-11(13(12)14)5-2-3-8-15/h4,6-8H,2-3,5,9H2,1H3. The molecule has 17 heavy (non-hydrogen) atoms. The van der Waals surface area contributed by atoms with Gasteiger partial charge in [-0.05, 0) is 18.4 Å². The molecule has 0 aliphatic heterocycles. The second-order valence-corrected chi connectivity index (χ2v) is 4.52. The van der Waals surface area contributed by atoms with Gasteiger partial charge in [0.2, 0.25) is 0 Å². The molecule has 92 valence electrons. The summed E-state index contributed by atoms with van der Waals surface area (Å²) in [7, 11) is 0. The molecule has 0 atom stereocenters. The summed E-state index contributed by atoms with van der Waals surface area (Å²) in [6.07, 6.45) is 3.17. The number of benzene rings is 1. The van der Waals surface area contributed by atoms with E-state index in [0.717, 1.165) is 34.7 Å². The van der Waals surface area contributed by atoms with E-state index < -0.39 is 0 Å². The van der Waals surface area contributed by atoms with Crippen molar-refractivity contribution in [2.45, 2.75) is 32.8 Å². The first kappa shape index (κ1) is 13.9. The zero-order chi connectivity index (χ0) is 12.7. The van der Waals surface area contributed by atoms with Crippen molar-refractivity contribution in [2.75, 3.05) is 0 Å². The number of aryl methyl sites for hydroxylation is 1. The van der Waals surface area contributed by atoms with Gasteiger partial charge in [0.05, 0.1) is 0 Å². The maximum atomic E-state index is 10.7. The lowest BCUT2D eigenvalue weighted by molar-refractivity contribution is -0.142. The monoisotopic (exact) mass is 298 g/mol. The Hall–Kier alpha value is -1.16. The number of unbranched alkanes of at least 4 members (excludes halogenated alkanes) is 1. The minimum absolute atomic E-state index is 0.275. The van der Waals surface area contributed by atoms with Crippen LogP contribution in [0.5, 0.6) is 0 Å². The SMILES string of the molecule is CC(=O)OCc1cccc(CCCC=O)c1Br. The van der Waals surface area contributed by atoms with Gasteiger partial charge in [0.15, 0.2) is 0 Å². The molecule has 0 spiro atoms. The Balaban J connectivity index is 2.69. The van der Waals surface area contributed by atoms with Gasteiger partial charge in [-0.1, -0.05) is 34.1 Å². The molecule has 0 amide bonds. The molecule has 1 aromatic rings. The molecule has 0 bridgehead atoms. The topological polar surface area (TPSA) is 43.4 Å². The fourth-order valence-corrected chi connectivity index (χ4v) is 2.07. The van der Waals surface area contributed by atoms with Crippen LogP contribution in [-0.4, -0.2) is 12.3 Å². The number of hydrogen-bond donors (Lipinski definition) is 0. The molecule has 0 N–H and O–H groups in total. The van der Waals surface area contributed by atoms with E-state index in [-0.39, 0.29) is 12.6 Å². The maximum absolute atomic E-state index is 10.7. The van der Waals surface area contributed by atoms with Crippen LogP contribution in [0.1, 0.15) is 30.9 Å². The van der Waals surface area contributed by atoms with E-state index in [1.807, 2.05) is 18.2 Å². The predicted octanol–water partition coefficient (Wildman–Crippen LogP) is 3.03. The molecule has 3 nitrogen and oxygen atoms in total. The summed E-state index contributed by atoms with van der Waals surface area (Å²) < 4.78 is 5.93. The molecule has 0 fully saturated rings. The molecular weight excluding hydrogens is 284 g/mol. The van der Waals surface area contributed by atoms with E-state index in [4.69, 9.17) is 4.74 Å². The van der Waals surface area contributed by atoms with E-state index in [2.05, 4.69) is 15.9 Å². The van der Waals surface area contributed by atoms with Crippen LogP contribution in [0.25, 0.3) is 0 Å². The van der Waals surface area contributed by atoms with Gasteiger partial charge in [-0.15, -0.1) is 0 Å². The van der Waals surface area contributed by atoms with Gasteiger partial charge in [0.1, 0.15) is 12.9 Å². The fourth-order valence-electron chi connectivity index (χ4n) is 1.49. The lowest BCUT2D eigenvalue weighted by Crippen LogP contribution is -2.01. The smallest absolute Gasteiger partial charge is 0.302 e. The largest absolute Gasteiger partial charge is 0.461 e. The van der Waals surface area contributed by atoms with Gasteiger partial charge < -0.3 is 9.53 Å². The average molecular weight is 299 g/mol. The van der Waals surface area contributed by atoms with Gasteiger partial charge in [0, 0.05) is 23.4 Å². The van der Waals surface area contributed by atoms with Gasteiger partial charge in [-0.25, -0.2) is 0 Å². The Bertz CT molecular complexity index is 402. The van der Waals surface area contributed by atoms with Crippen LogP contribution in [0.2, 0.25) is 0 Å². The summed E-state index contributed by atoms with van der Waals surface area (Å²) in [6, 6.07) is 5.85. The van der Waals surface area contributed by atoms with Crippen molar-refractivity contribution in [2.24, 2.45) is 0 Å². The second-order valence-electron chi connectivity index (χ2n) is 3.73. The molecule has 0 unspecified atom stereocenters. The van der Waals surface area contributed by atoms with Crippen molar-refractivity contribution in [1.29, 1.82) is 0 Å². The molecule has 0 aromatic heterocycles. The summed E-state index contributed by atoms with van der Waals surface area (Å²) in [5.74, 6) is -0.289. The quantitative estimate of drug-likeness (QED) is 0.461. The molecule has 0 radical (unpaired) electrons. The van der Waals surface area contributed by atoms with E-state index in [0.29, 0.717) is 6.42 Å². The lowest BCUT2D eigenvalue weighted by Gasteiger charge is -2.09. The number of carbonyl (C=O) groups is 2. The Kier molecular flexibility index (Phi) is 5.91. The number of rotatable bonds is 6. The van der Waals surface area contributed by atoms with Crippen molar-refractivity contribution in [3.05, 3.63) is 33.8 Å². The summed E-state index contributed by atoms with van der Waals surface area (Å²) in [5.41, 5.74) is 2.08. The fraction of sp³-hybridized carbons (Fsp3) is 0.385. The number of halogens is 1. The number of carbonyl (C=O) groups excluding carboxylic acids is 2. The Labute approximate surface area is 109 Å². The maximum Gasteiger partial charge on any atom is 0.302 e. The lowest BCUT2D eigenvalue weighted by atomic mass is 10.1. The Morgan fingerprint density at radius 1 is 1.41 bits per heavy atom. The number of ether oxygens (including phenoxy) is 1. The van der Waals surface area contributed by atoms with Crippen molar-refractivity contribution in [1.82, 2.24) is 0 Å². The van der Waals surface area contributed by atoms with Crippen molar-refractivity contribution in [3.8, 4) is 0 Å². The highest BCUT2D eigenvalue weighted by molar-refractivity contribution is 9.10. The van der Waals surface area contributed by atoms with Crippen LogP contribution < -0.4 is 0 Å². The van der Waals surface area contributed by atoms with Gasteiger partial charge in [-0.2, -0.15) is 0 Å². The molecule has 1 rings (SSSR count). The highest BCUT2D eigenvalue weighted by atomic mass is 79.9. The number of hydrogen-bond acceptors (Lipinski definition) is 3. The van der Waals surface area contributed by atoms with Gasteiger partial charge in [-0.3, -0.25) is 4.79 Å². The van der Waals surface area contributed by atoms with E-state index in [9.17, 15) is 9.59 Å². The summed E-state index contributed by atoms with van der Waals surface area (Å²) in [4.78, 5) is 21.0. The van der Waals surface area contributed by atoms with Gasteiger partial charge in [0.25, 0.3) is 0 Å². The third-order valence-corrected chi connectivity index (χ3v) is 3.38. The predicted molar refractivity (Wildman–Crippen MR) is 68.6 cm³/mol. The molecule has 1 aromatic carbocycles. The molecule has 0 aliphatic carbocycles. The third-order valence-electron chi connectivity index (χ3n) is 2.36. The molecule has 4 heteroatoms. The highest BCUT2D eigenvalue weighted by Crippen LogP contribution is 2.24. The highest BCUT2D eigenvalue weighted by Gasteiger charge is 2.06. The van der Waals surface area contributed by atoms with E-state index in [1.54, 1.807) is 0 Å². The van der Waals surface area contributed by atoms with E-state index >= 15 is 0 Å². The molecule has 0 saturated heterocycles. The molecule has 0 saturated carbocycles. The summed E-state index contributed by atoms with van der Waals surface area (Å²) in [6.45, 7) is 1.67. The average Bonchev–Trinajstić information content (AvgIpc) is 2.30. The van der Waals surface area contributed by atoms with Crippen molar-refractivity contribution in [3.63, 3.8) is 0 Å². The van der Waals surface area contributed by atoms with Crippen molar-refractivity contribution < 1.29 is 14.3 Å². The molecule has 0 aliphatic rings. The van der Waals surface area contributed by atoms with Crippen LogP contribution >= 0.6 is 15.9 Å². The minimum Gasteiger partial charge on any atom is -0.461 e. The van der Waals surface area contributed by atoms with E-state index in [1.165, 1.54) is 6.92 Å². The van der Waals surface area contributed by atoms with Crippen LogP contribution in [-0.2, 0) is 27.4 Å². The Morgan fingerprint density at radius 2 is 2.12 bits per heavy atom. The van der Waals surface area contributed by atoms with Crippen LogP contribution in [0, 0.1) is 0 Å². The minimum atomic E-state index is -0.289. The first-order chi connectivity index (χ1) is 8.15. The zero-order valence-corrected chi connectivity index (χ0v) is 11.3. The summed E-state index contributed by atoms with van der Waals surface area (Å²) >= 11 is 3.50. The zero-order valence-electron chi connectivity index (χ0n) is 9.74. The van der Waals surface area contributed by atoms with Gasteiger partial charge >= 0.3 is 5.97 Å². The Morgan fingerprint density at radius 3 is 2.76 bits per heavy atom. The van der Waals surface area contributed by atoms with Crippen molar-refractivity contribution >= 4 is 28.2 Å². The normalized spacial score (nSPS) is 10.0.